The number of hydrogen-bond acceptors (Lipinski definition) is 4. The summed E-state index contributed by atoms with van der Waals surface area (Å²) < 4.78 is 7.20. The molecule has 1 unspecified atom stereocenters. The molecule has 3 heterocycles. The Morgan fingerprint density at radius 2 is 1.93 bits per heavy atom. The third-order valence-corrected chi connectivity index (χ3v) is 5.20. The van der Waals surface area contributed by atoms with Crippen LogP contribution < -0.4 is 10.6 Å². The number of para-hydroxylation sites is 1. The number of imidazole rings is 1. The monoisotopic (exact) mass is 392 g/mol. The average Bonchev–Trinajstić information content (AvgIpc) is 3.37. The Hall–Kier alpha value is -3.19. The lowest BCUT2D eigenvalue weighted by molar-refractivity contribution is 0.0848. The second-order valence-corrected chi connectivity index (χ2v) is 7.31. The van der Waals surface area contributed by atoms with Crippen molar-refractivity contribution in [3.05, 3.63) is 65.2 Å². The zero-order chi connectivity index (χ0) is 20.4. The molecule has 1 saturated heterocycles. The normalized spacial score (nSPS) is 16.1. The van der Waals surface area contributed by atoms with Crippen LogP contribution in [0.25, 0.3) is 5.52 Å². The standard InChI is InChI=1S/C22H24N4O3/c1-14-7-5-8-15(2)18(14)25-21(27)19-17-10-3-4-11-26(17)20(24-19)22(28)23-13-16-9-6-12-29-16/h3-5,7-8,10-11,16H,6,9,12-13H2,1-2H3,(H,23,28)(H,25,27). The van der Waals surface area contributed by atoms with Crippen LogP contribution in [0.2, 0.25) is 0 Å². The first-order valence-corrected chi connectivity index (χ1v) is 9.79. The van der Waals surface area contributed by atoms with Gasteiger partial charge in [0.05, 0.1) is 11.6 Å². The number of nitrogens with one attached hydrogen (secondary N) is 2. The molecule has 1 aliphatic heterocycles. The number of carbonyl (C=O) groups excluding carboxylic acids is 2. The van der Waals surface area contributed by atoms with Crippen LogP contribution in [0.3, 0.4) is 0 Å². The largest absolute Gasteiger partial charge is 0.376 e. The second-order valence-electron chi connectivity index (χ2n) is 7.31. The van der Waals surface area contributed by atoms with E-state index >= 15 is 0 Å². The molecule has 150 valence electrons. The molecule has 1 aromatic carbocycles. The number of ether oxygens (including phenoxy) is 1. The van der Waals surface area contributed by atoms with Gasteiger partial charge in [0.25, 0.3) is 11.8 Å². The average molecular weight is 392 g/mol. The lowest BCUT2D eigenvalue weighted by atomic mass is 10.1. The minimum atomic E-state index is -0.343. The quantitative estimate of drug-likeness (QED) is 0.699. The molecule has 1 fully saturated rings. The van der Waals surface area contributed by atoms with Crippen LogP contribution in [0.5, 0.6) is 0 Å². The first-order chi connectivity index (χ1) is 14.0. The van der Waals surface area contributed by atoms with E-state index in [1.165, 1.54) is 0 Å². The molecule has 2 amide bonds. The minimum absolute atomic E-state index is 0.0389. The highest BCUT2D eigenvalue weighted by molar-refractivity contribution is 6.09. The van der Waals surface area contributed by atoms with Crippen LogP contribution in [-0.2, 0) is 4.74 Å². The molecule has 1 aliphatic rings. The van der Waals surface area contributed by atoms with E-state index in [1.807, 2.05) is 38.1 Å². The van der Waals surface area contributed by atoms with Crippen molar-refractivity contribution in [3.8, 4) is 0 Å². The number of benzene rings is 1. The maximum atomic E-state index is 13.0. The summed E-state index contributed by atoms with van der Waals surface area (Å²) in [4.78, 5) is 30.1. The van der Waals surface area contributed by atoms with Crippen LogP contribution in [-0.4, -0.2) is 40.5 Å². The Bertz CT molecular complexity index is 1050. The lowest BCUT2D eigenvalue weighted by Gasteiger charge is -2.10. The number of hydrogen-bond donors (Lipinski definition) is 2. The summed E-state index contributed by atoms with van der Waals surface area (Å²) in [7, 11) is 0. The highest BCUT2D eigenvalue weighted by Crippen LogP contribution is 2.22. The van der Waals surface area contributed by atoms with Gasteiger partial charge in [-0.3, -0.25) is 14.0 Å². The molecule has 2 N–H and O–H groups in total. The fraction of sp³-hybridized carbons (Fsp3) is 0.318. The smallest absolute Gasteiger partial charge is 0.287 e. The predicted octanol–water partition coefficient (Wildman–Crippen LogP) is 3.11. The SMILES string of the molecule is Cc1cccc(C)c1NC(=O)c1nc(C(=O)NCC2CCCO2)n2ccccc12. The molecule has 1 atom stereocenters. The van der Waals surface area contributed by atoms with Gasteiger partial charge in [0.1, 0.15) is 0 Å². The van der Waals surface area contributed by atoms with Gasteiger partial charge in [-0.05, 0) is 49.9 Å². The van der Waals surface area contributed by atoms with E-state index in [4.69, 9.17) is 4.74 Å². The van der Waals surface area contributed by atoms with Crippen LogP contribution >= 0.6 is 0 Å². The zero-order valence-electron chi connectivity index (χ0n) is 16.6. The summed E-state index contributed by atoms with van der Waals surface area (Å²) in [6.45, 7) is 5.05. The number of anilines is 1. The van der Waals surface area contributed by atoms with E-state index < -0.39 is 0 Å². The highest BCUT2D eigenvalue weighted by Gasteiger charge is 2.23. The van der Waals surface area contributed by atoms with Gasteiger partial charge >= 0.3 is 0 Å². The van der Waals surface area contributed by atoms with Gasteiger partial charge in [0.15, 0.2) is 5.69 Å². The van der Waals surface area contributed by atoms with E-state index in [9.17, 15) is 9.59 Å². The molecule has 2 aromatic heterocycles. The van der Waals surface area contributed by atoms with Gasteiger partial charge < -0.3 is 15.4 Å². The number of pyridine rings is 1. The number of aromatic nitrogens is 2. The molecule has 0 aliphatic carbocycles. The fourth-order valence-corrected chi connectivity index (χ4v) is 3.64. The van der Waals surface area contributed by atoms with Crippen LogP contribution in [0, 0.1) is 13.8 Å². The number of carbonyl (C=O) groups is 2. The van der Waals surface area contributed by atoms with Crippen molar-refractivity contribution in [2.45, 2.75) is 32.8 Å². The summed E-state index contributed by atoms with van der Waals surface area (Å²) in [5, 5.41) is 5.82. The Morgan fingerprint density at radius 1 is 1.14 bits per heavy atom. The van der Waals surface area contributed by atoms with Crippen molar-refractivity contribution in [2.24, 2.45) is 0 Å². The van der Waals surface area contributed by atoms with Crippen LogP contribution in [0.4, 0.5) is 5.69 Å². The van der Waals surface area contributed by atoms with Gasteiger partial charge in [-0.15, -0.1) is 0 Å². The summed E-state index contributed by atoms with van der Waals surface area (Å²) in [5.74, 6) is -0.484. The number of nitrogens with zero attached hydrogens (tertiary/aromatic N) is 2. The highest BCUT2D eigenvalue weighted by atomic mass is 16.5. The molecule has 3 aromatic rings. The summed E-state index contributed by atoms with van der Waals surface area (Å²) >= 11 is 0. The molecule has 7 heteroatoms. The van der Waals surface area contributed by atoms with Gasteiger partial charge in [-0.25, -0.2) is 4.98 Å². The second kappa shape index (κ2) is 8.05. The van der Waals surface area contributed by atoms with Crippen molar-refractivity contribution in [2.75, 3.05) is 18.5 Å². The molecule has 0 bridgehead atoms. The zero-order valence-corrected chi connectivity index (χ0v) is 16.6. The van der Waals surface area contributed by atoms with E-state index in [2.05, 4.69) is 15.6 Å². The van der Waals surface area contributed by atoms with Gasteiger partial charge in [0, 0.05) is 25.0 Å². The first kappa shape index (κ1) is 19.1. The Labute approximate surface area is 169 Å². The number of rotatable bonds is 5. The van der Waals surface area contributed by atoms with Crippen LogP contribution in [0.1, 0.15) is 45.1 Å². The minimum Gasteiger partial charge on any atom is -0.376 e. The number of fused-ring (bicyclic) bond motifs is 1. The van der Waals surface area contributed by atoms with Gasteiger partial charge in [-0.1, -0.05) is 24.3 Å². The molecular weight excluding hydrogens is 368 g/mol. The van der Waals surface area contributed by atoms with E-state index in [0.717, 1.165) is 36.3 Å². The van der Waals surface area contributed by atoms with Crippen molar-refractivity contribution in [1.29, 1.82) is 0 Å². The van der Waals surface area contributed by atoms with Crippen LogP contribution in [0.15, 0.2) is 42.6 Å². The maximum Gasteiger partial charge on any atom is 0.287 e. The third-order valence-electron chi connectivity index (χ3n) is 5.20. The Morgan fingerprint density at radius 3 is 2.66 bits per heavy atom. The topological polar surface area (TPSA) is 84.7 Å². The van der Waals surface area contributed by atoms with Gasteiger partial charge in [0.2, 0.25) is 5.82 Å². The fourth-order valence-electron chi connectivity index (χ4n) is 3.64. The molecule has 0 spiro atoms. The molecule has 29 heavy (non-hydrogen) atoms. The van der Waals surface area contributed by atoms with Crippen molar-refractivity contribution in [3.63, 3.8) is 0 Å². The lowest BCUT2D eigenvalue weighted by Crippen LogP contribution is -2.33. The van der Waals surface area contributed by atoms with Gasteiger partial charge in [-0.2, -0.15) is 0 Å². The third kappa shape index (κ3) is 3.86. The predicted molar refractivity (Wildman–Crippen MR) is 110 cm³/mol. The molecule has 0 radical (unpaired) electrons. The summed E-state index contributed by atoms with van der Waals surface area (Å²) in [6.07, 6.45) is 3.72. The summed E-state index contributed by atoms with van der Waals surface area (Å²) in [5.41, 5.74) is 3.50. The van der Waals surface area contributed by atoms with Crippen molar-refractivity contribution in [1.82, 2.24) is 14.7 Å². The van der Waals surface area contributed by atoms with E-state index in [0.29, 0.717) is 12.1 Å². The van der Waals surface area contributed by atoms with E-state index in [-0.39, 0.29) is 29.4 Å². The molecule has 7 nitrogen and oxygen atoms in total. The Balaban J connectivity index is 1.61. The first-order valence-electron chi connectivity index (χ1n) is 9.79. The summed E-state index contributed by atoms with van der Waals surface area (Å²) in [6, 6.07) is 11.2. The molecule has 4 rings (SSSR count). The number of aryl methyl sites for hydroxylation is 2. The number of amides is 2. The maximum absolute atomic E-state index is 13.0. The molecule has 0 saturated carbocycles. The molecular formula is C22H24N4O3. The Kier molecular flexibility index (Phi) is 5.31. The van der Waals surface area contributed by atoms with E-state index in [1.54, 1.807) is 22.7 Å². The van der Waals surface area contributed by atoms with Crippen molar-refractivity contribution >= 4 is 23.0 Å². The van der Waals surface area contributed by atoms with Crippen molar-refractivity contribution < 1.29 is 14.3 Å².